The molecule has 2 N–H and O–H groups in total. The highest BCUT2D eigenvalue weighted by Gasteiger charge is 2.25. The number of pyridine rings is 1. The molecule has 0 amide bonds. The fourth-order valence-corrected chi connectivity index (χ4v) is 3.68. The van der Waals surface area contributed by atoms with E-state index in [1.165, 1.54) is 0 Å². The Bertz CT molecular complexity index is 1170. The topological polar surface area (TPSA) is 107 Å². The maximum absolute atomic E-state index is 11.7. The number of nitrogens with one attached hydrogen (secondary N) is 2. The van der Waals surface area contributed by atoms with Gasteiger partial charge < -0.3 is 19.2 Å². The van der Waals surface area contributed by atoms with Crippen molar-refractivity contribution in [3.8, 4) is 11.6 Å². The van der Waals surface area contributed by atoms with Crippen LogP contribution in [0.5, 0.6) is 11.6 Å². The van der Waals surface area contributed by atoms with Crippen LogP contribution in [0.4, 0.5) is 0 Å². The second-order valence-electron chi connectivity index (χ2n) is 7.84. The molecule has 0 saturated carbocycles. The number of H-pyrrole nitrogens is 1. The fourth-order valence-electron chi connectivity index (χ4n) is 3.68. The van der Waals surface area contributed by atoms with Gasteiger partial charge in [-0.2, -0.15) is 0 Å². The molecule has 0 spiro atoms. The molecule has 2 aromatic heterocycles. The maximum atomic E-state index is 11.7. The van der Waals surface area contributed by atoms with Crippen LogP contribution >= 0.6 is 0 Å². The average Bonchev–Trinajstić information content (AvgIpc) is 3.45. The van der Waals surface area contributed by atoms with Crippen LogP contribution in [0.25, 0.3) is 10.9 Å². The van der Waals surface area contributed by atoms with E-state index >= 15 is 0 Å². The smallest absolute Gasteiger partial charge is 0.306 e. The molecule has 3 aromatic rings. The number of nitrogens with zero attached hydrogens (tertiary/aromatic N) is 2. The van der Waals surface area contributed by atoms with Crippen molar-refractivity contribution in [1.29, 1.82) is 0 Å². The number of aromatic amines is 1. The number of rotatable bonds is 9. The van der Waals surface area contributed by atoms with Gasteiger partial charge in [0.05, 0.1) is 25.3 Å². The van der Waals surface area contributed by atoms with Crippen LogP contribution in [0.15, 0.2) is 41.7 Å². The van der Waals surface area contributed by atoms with Crippen molar-refractivity contribution in [1.82, 2.24) is 15.4 Å². The third-order valence-corrected chi connectivity index (χ3v) is 5.17. The van der Waals surface area contributed by atoms with Crippen molar-refractivity contribution in [2.45, 2.75) is 45.9 Å². The quantitative estimate of drug-likeness (QED) is 0.475. The zero-order chi connectivity index (χ0) is 23.4. The number of hydrogen-bond donors (Lipinski definition) is 2. The lowest BCUT2D eigenvalue weighted by Gasteiger charge is -2.14. The molecule has 4 rings (SSSR count). The lowest BCUT2D eigenvalue weighted by molar-refractivity contribution is -0.143. The minimum Gasteiger partial charge on any atom is -0.491 e. The largest absolute Gasteiger partial charge is 0.491 e. The number of para-hydroxylation sites is 1. The van der Waals surface area contributed by atoms with Gasteiger partial charge in [0, 0.05) is 35.3 Å². The maximum Gasteiger partial charge on any atom is 0.306 e. The highest BCUT2D eigenvalue weighted by atomic mass is 16.7. The molecule has 0 radical (unpaired) electrons. The monoisotopic (exact) mass is 452 g/mol. The number of carbonyl (C=O) groups excluding carboxylic acids is 1. The summed E-state index contributed by atoms with van der Waals surface area (Å²) in [7, 11) is 1.57. The molecule has 9 heteroatoms. The van der Waals surface area contributed by atoms with Crippen molar-refractivity contribution in [2.75, 3.05) is 13.7 Å². The molecule has 1 atom stereocenters. The number of carbonyl (C=O) groups is 1. The highest BCUT2D eigenvalue weighted by molar-refractivity contribution is 6.09. The third kappa shape index (κ3) is 4.93. The van der Waals surface area contributed by atoms with Crippen LogP contribution in [0.2, 0.25) is 0 Å². The van der Waals surface area contributed by atoms with Gasteiger partial charge in [-0.3, -0.25) is 4.79 Å². The highest BCUT2D eigenvalue weighted by Crippen LogP contribution is 2.32. The van der Waals surface area contributed by atoms with E-state index in [2.05, 4.69) is 15.4 Å². The van der Waals surface area contributed by atoms with Crippen molar-refractivity contribution >= 4 is 22.7 Å². The second-order valence-corrected chi connectivity index (χ2v) is 7.84. The predicted molar refractivity (Wildman–Crippen MR) is 123 cm³/mol. The van der Waals surface area contributed by atoms with E-state index < -0.39 is 6.23 Å². The Morgan fingerprint density at radius 1 is 1.30 bits per heavy atom. The van der Waals surface area contributed by atoms with Gasteiger partial charge in [0.1, 0.15) is 0 Å². The predicted octanol–water partition coefficient (Wildman–Crippen LogP) is 3.83. The van der Waals surface area contributed by atoms with Crippen LogP contribution in [0.1, 0.15) is 50.1 Å². The summed E-state index contributed by atoms with van der Waals surface area (Å²) in [5.74, 6) is 1.35. The van der Waals surface area contributed by atoms with Crippen LogP contribution in [0, 0.1) is 0 Å². The molecule has 3 heterocycles. The van der Waals surface area contributed by atoms with Gasteiger partial charge in [-0.1, -0.05) is 12.1 Å². The number of benzene rings is 1. The minimum atomic E-state index is -0.581. The SMILES string of the molecule is CCOC(=O)CCc1c[nH]c2c(C3=NC(c4cnc(OC(C)C)c(OC)c4)ON3)cccc12. The molecule has 1 aromatic carbocycles. The Hall–Kier alpha value is -3.59. The number of esters is 1. The van der Waals surface area contributed by atoms with E-state index in [0.29, 0.717) is 36.9 Å². The van der Waals surface area contributed by atoms with Crippen LogP contribution in [-0.4, -0.2) is 41.6 Å². The third-order valence-electron chi connectivity index (χ3n) is 5.17. The molecular weight excluding hydrogens is 424 g/mol. The first-order chi connectivity index (χ1) is 16.0. The summed E-state index contributed by atoms with van der Waals surface area (Å²) in [4.78, 5) is 29.8. The summed E-state index contributed by atoms with van der Waals surface area (Å²) >= 11 is 0. The van der Waals surface area contributed by atoms with Gasteiger partial charge >= 0.3 is 5.97 Å². The molecule has 1 unspecified atom stereocenters. The Balaban J connectivity index is 1.57. The number of methoxy groups -OCH3 is 1. The molecule has 1 aliphatic rings. The molecule has 0 fully saturated rings. The van der Waals surface area contributed by atoms with E-state index in [1.807, 2.05) is 44.3 Å². The fraction of sp³-hybridized carbons (Fsp3) is 0.375. The minimum absolute atomic E-state index is 0.0188. The lowest BCUT2D eigenvalue weighted by Crippen LogP contribution is -2.18. The van der Waals surface area contributed by atoms with Crippen molar-refractivity contribution in [3.63, 3.8) is 0 Å². The van der Waals surface area contributed by atoms with Gasteiger partial charge in [0.15, 0.2) is 11.6 Å². The van der Waals surface area contributed by atoms with Crippen molar-refractivity contribution in [2.24, 2.45) is 4.99 Å². The average molecular weight is 453 g/mol. The number of hydrogen-bond acceptors (Lipinski definition) is 8. The normalized spacial score (nSPS) is 15.4. The number of aromatic nitrogens is 2. The van der Waals surface area contributed by atoms with Gasteiger partial charge in [0.2, 0.25) is 6.23 Å². The zero-order valence-electron chi connectivity index (χ0n) is 19.2. The summed E-state index contributed by atoms with van der Waals surface area (Å²) in [6.45, 7) is 6.05. The standard InChI is InChI=1S/C24H28N4O5/c1-5-31-20(29)10-9-15-12-25-21-17(15)7-6-8-18(21)22-27-23(33-28-22)16-11-19(30-4)24(26-13-16)32-14(2)3/h6-8,11-14,23,25H,5,9-10H2,1-4H3,(H,27,28). The number of ether oxygens (including phenoxy) is 3. The van der Waals surface area contributed by atoms with Crippen LogP contribution in [-0.2, 0) is 20.8 Å². The van der Waals surface area contributed by atoms with E-state index in [9.17, 15) is 4.79 Å². The molecule has 0 saturated heterocycles. The van der Waals surface area contributed by atoms with E-state index in [4.69, 9.17) is 24.0 Å². The Labute approximate surface area is 192 Å². The van der Waals surface area contributed by atoms with Gasteiger partial charge in [-0.05, 0) is 44.9 Å². The Morgan fingerprint density at radius 2 is 2.15 bits per heavy atom. The number of fused-ring (bicyclic) bond motifs is 1. The molecule has 0 bridgehead atoms. The number of aliphatic imine (C=N–C) groups is 1. The van der Waals surface area contributed by atoms with Crippen LogP contribution < -0.4 is 15.0 Å². The molecule has 174 valence electrons. The summed E-state index contributed by atoms with van der Waals surface area (Å²) < 4.78 is 16.1. The number of hydroxylamine groups is 1. The first-order valence-electron chi connectivity index (χ1n) is 10.9. The van der Waals surface area contributed by atoms with E-state index in [-0.39, 0.29) is 12.1 Å². The molecular formula is C24H28N4O5. The van der Waals surface area contributed by atoms with Crippen molar-refractivity contribution < 1.29 is 23.8 Å². The first kappa shape index (κ1) is 22.6. The Kier molecular flexibility index (Phi) is 6.79. The lowest BCUT2D eigenvalue weighted by atomic mass is 10.1. The zero-order valence-corrected chi connectivity index (χ0v) is 19.2. The van der Waals surface area contributed by atoms with Crippen molar-refractivity contribution in [3.05, 3.63) is 53.3 Å². The second kappa shape index (κ2) is 9.91. The molecule has 0 aliphatic carbocycles. The molecule has 1 aliphatic heterocycles. The number of aryl methyl sites for hydroxylation is 1. The molecule has 9 nitrogen and oxygen atoms in total. The van der Waals surface area contributed by atoms with Gasteiger partial charge in [-0.25, -0.2) is 20.3 Å². The van der Waals surface area contributed by atoms with Gasteiger partial charge in [0.25, 0.3) is 5.88 Å². The summed E-state index contributed by atoms with van der Waals surface area (Å²) in [6.07, 6.45) is 3.92. The summed E-state index contributed by atoms with van der Waals surface area (Å²) in [5, 5.41) is 1.03. The Morgan fingerprint density at radius 3 is 2.91 bits per heavy atom. The van der Waals surface area contributed by atoms with E-state index in [1.54, 1.807) is 20.2 Å². The summed E-state index contributed by atoms with van der Waals surface area (Å²) in [6, 6.07) is 7.75. The van der Waals surface area contributed by atoms with Gasteiger partial charge in [-0.15, -0.1) is 0 Å². The summed E-state index contributed by atoms with van der Waals surface area (Å²) in [5.41, 5.74) is 6.50. The first-order valence-corrected chi connectivity index (χ1v) is 10.9. The number of amidine groups is 1. The van der Waals surface area contributed by atoms with E-state index in [0.717, 1.165) is 27.6 Å². The van der Waals surface area contributed by atoms with Crippen LogP contribution in [0.3, 0.4) is 0 Å². The molecule has 33 heavy (non-hydrogen) atoms.